The maximum Gasteiger partial charge on any atom is 0.336 e. The van der Waals surface area contributed by atoms with Crippen molar-refractivity contribution >= 4 is 52.0 Å². The summed E-state index contributed by atoms with van der Waals surface area (Å²) in [5, 5.41) is 16.9. The number of aromatic nitrogens is 3. The van der Waals surface area contributed by atoms with Crippen LogP contribution in [0.1, 0.15) is 45.7 Å². The van der Waals surface area contributed by atoms with Gasteiger partial charge in [0.25, 0.3) is 5.91 Å². The Kier molecular flexibility index (Phi) is 5.87. The van der Waals surface area contributed by atoms with E-state index in [-0.39, 0.29) is 52.2 Å². The molecule has 1 aliphatic carbocycles. The lowest BCUT2D eigenvalue weighted by molar-refractivity contribution is -0.141. The smallest absolute Gasteiger partial charge is 0.336 e. The summed E-state index contributed by atoms with van der Waals surface area (Å²) in [6.45, 7) is 1.36. The highest BCUT2D eigenvalue weighted by Crippen LogP contribution is 2.43. The van der Waals surface area contributed by atoms with Crippen LogP contribution in [0.25, 0.3) is 10.9 Å². The number of benzene rings is 1. The lowest BCUT2D eigenvalue weighted by Gasteiger charge is -2.34. The molecule has 2 fully saturated rings. The van der Waals surface area contributed by atoms with Crippen LogP contribution >= 0.6 is 11.6 Å². The van der Waals surface area contributed by atoms with Crippen molar-refractivity contribution in [2.45, 2.75) is 44.8 Å². The van der Waals surface area contributed by atoms with Crippen LogP contribution in [0.15, 0.2) is 30.3 Å². The van der Waals surface area contributed by atoms with Gasteiger partial charge in [-0.15, -0.1) is 0 Å². The first-order valence-electron chi connectivity index (χ1n) is 11.4. The van der Waals surface area contributed by atoms with Crippen LogP contribution in [-0.2, 0) is 16.1 Å². The van der Waals surface area contributed by atoms with E-state index in [1.807, 2.05) is 0 Å². The van der Waals surface area contributed by atoms with E-state index in [2.05, 4.69) is 15.4 Å². The van der Waals surface area contributed by atoms with Gasteiger partial charge in [0.05, 0.1) is 11.1 Å². The number of pyridine rings is 1. The number of amides is 3. The summed E-state index contributed by atoms with van der Waals surface area (Å²) >= 11 is 5.98. The molecule has 3 amide bonds. The maximum absolute atomic E-state index is 13.5. The Morgan fingerprint density at radius 2 is 1.97 bits per heavy atom. The normalized spacial score (nSPS) is 20.6. The van der Waals surface area contributed by atoms with Crippen molar-refractivity contribution in [3.8, 4) is 0 Å². The number of hydrogen-bond donors (Lipinski definition) is 3. The van der Waals surface area contributed by atoms with E-state index in [1.165, 1.54) is 17.7 Å². The van der Waals surface area contributed by atoms with Crippen molar-refractivity contribution in [1.29, 1.82) is 0 Å². The molecule has 0 unspecified atom stereocenters. The fraction of sp³-hybridized carbons (Fsp3) is 0.333. The number of rotatable bonds is 6. The maximum atomic E-state index is 13.5. The zero-order valence-electron chi connectivity index (χ0n) is 19.3. The number of anilines is 1. The summed E-state index contributed by atoms with van der Waals surface area (Å²) in [5.41, 5.74) is 6.33. The van der Waals surface area contributed by atoms with Gasteiger partial charge in [-0.05, 0) is 44.2 Å². The number of piperidine rings is 1. The molecule has 36 heavy (non-hydrogen) atoms. The molecular weight excluding hydrogens is 488 g/mol. The zero-order valence-corrected chi connectivity index (χ0v) is 20.0. The van der Waals surface area contributed by atoms with Gasteiger partial charge >= 0.3 is 5.97 Å². The minimum absolute atomic E-state index is 0.0343. The monoisotopic (exact) mass is 510 g/mol. The number of carboxylic acid groups (broad SMARTS) is 1. The van der Waals surface area contributed by atoms with E-state index < -0.39 is 23.8 Å². The van der Waals surface area contributed by atoms with Crippen LogP contribution in [0.3, 0.4) is 0 Å². The Labute approximate surface area is 210 Å². The lowest BCUT2D eigenvalue weighted by atomic mass is 9.97. The minimum Gasteiger partial charge on any atom is -0.478 e. The number of nitrogens with two attached hydrogens (primary N) is 1. The van der Waals surface area contributed by atoms with E-state index in [4.69, 9.17) is 17.3 Å². The minimum atomic E-state index is -1.19. The van der Waals surface area contributed by atoms with E-state index in [0.717, 1.165) is 12.8 Å². The molecule has 4 N–H and O–H groups in total. The molecule has 5 rings (SSSR count). The first-order valence-corrected chi connectivity index (χ1v) is 11.8. The van der Waals surface area contributed by atoms with Crippen molar-refractivity contribution in [1.82, 2.24) is 19.7 Å². The quantitative estimate of drug-likeness (QED) is 0.428. The van der Waals surface area contributed by atoms with Crippen molar-refractivity contribution in [2.75, 3.05) is 5.32 Å². The highest BCUT2D eigenvalue weighted by Gasteiger charge is 2.51. The van der Waals surface area contributed by atoms with E-state index >= 15 is 0 Å². The number of hydrogen-bond acceptors (Lipinski definition) is 6. The van der Waals surface area contributed by atoms with Gasteiger partial charge < -0.3 is 21.1 Å². The fourth-order valence-corrected chi connectivity index (χ4v) is 5.63. The van der Waals surface area contributed by atoms with Gasteiger partial charge in [-0.3, -0.25) is 19.1 Å². The highest BCUT2D eigenvalue weighted by molar-refractivity contribution is 6.30. The number of fused-ring (bicyclic) bond motifs is 3. The average Bonchev–Trinajstić information content (AvgIpc) is 3.54. The number of carboxylic acids is 1. The number of aromatic carboxylic acids is 1. The van der Waals surface area contributed by atoms with Crippen LogP contribution in [0.5, 0.6) is 0 Å². The van der Waals surface area contributed by atoms with Crippen molar-refractivity contribution in [3.05, 3.63) is 52.3 Å². The van der Waals surface area contributed by atoms with Crippen molar-refractivity contribution in [2.24, 2.45) is 11.7 Å². The fourth-order valence-electron chi connectivity index (χ4n) is 5.44. The summed E-state index contributed by atoms with van der Waals surface area (Å²) < 4.78 is 1.43. The van der Waals surface area contributed by atoms with E-state index in [9.17, 15) is 24.3 Å². The summed E-state index contributed by atoms with van der Waals surface area (Å²) in [4.78, 5) is 56.0. The molecule has 2 bridgehead atoms. The Morgan fingerprint density at radius 3 is 2.69 bits per heavy atom. The standard InChI is InChI=1S/C24H23ClN6O5/c1-11-15(24(35)36)9-17(25)27-22(11)28-23(34)20-12-6-7-13(8-12)31(20)18(32)10-30-16-5-3-2-4-14(16)19(29-30)21(26)33/h2-5,9,12-13,20H,6-8,10H2,1H3,(H2,26,33)(H,35,36)(H,27,28,34)/t12-,13+,20-/m0/s1. The molecule has 1 saturated carbocycles. The number of carbonyl (C=O) groups excluding carboxylic acids is 3. The predicted molar refractivity (Wildman–Crippen MR) is 130 cm³/mol. The number of likely N-dealkylation sites (tertiary alicyclic amines) is 1. The summed E-state index contributed by atoms with van der Waals surface area (Å²) in [5.74, 6) is -2.63. The number of carbonyl (C=O) groups is 4. The van der Waals surface area contributed by atoms with Crippen LogP contribution < -0.4 is 11.1 Å². The first-order chi connectivity index (χ1) is 17.2. The third-order valence-electron chi connectivity index (χ3n) is 7.03. The van der Waals surface area contributed by atoms with Crippen LogP contribution in [0.4, 0.5) is 5.82 Å². The molecule has 12 heteroatoms. The number of para-hydroxylation sites is 1. The average molecular weight is 511 g/mol. The largest absolute Gasteiger partial charge is 0.478 e. The molecule has 2 aliphatic rings. The molecule has 1 saturated heterocycles. The Morgan fingerprint density at radius 1 is 1.22 bits per heavy atom. The lowest BCUT2D eigenvalue weighted by Crippen LogP contribution is -2.52. The van der Waals surface area contributed by atoms with Crippen molar-refractivity contribution in [3.63, 3.8) is 0 Å². The Balaban J connectivity index is 1.42. The number of nitrogens with zero attached hydrogens (tertiary/aromatic N) is 4. The number of primary amides is 1. The molecule has 1 aliphatic heterocycles. The SMILES string of the molecule is Cc1c(C(=O)O)cc(Cl)nc1NC(=O)[C@@H]1[C@H]2CC[C@H](C2)N1C(=O)Cn1nc(C(N)=O)c2ccccc21. The zero-order chi connectivity index (χ0) is 25.7. The van der Waals surface area contributed by atoms with Gasteiger partial charge in [-0.2, -0.15) is 5.10 Å². The van der Waals surface area contributed by atoms with Crippen molar-refractivity contribution < 1.29 is 24.3 Å². The Bertz CT molecular complexity index is 1440. The predicted octanol–water partition coefficient (Wildman–Crippen LogP) is 2.21. The second kappa shape index (κ2) is 8.90. The van der Waals surface area contributed by atoms with E-state index in [1.54, 1.807) is 29.2 Å². The molecule has 3 heterocycles. The van der Waals surface area contributed by atoms with Gasteiger partial charge in [0, 0.05) is 17.0 Å². The van der Waals surface area contributed by atoms with Gasteiger partial charge in [-0.1, -0.05) is 29.8 Å². The first kappa shape index (κ1) is 23.7. The molecular formula is C24H23ClN6O5. The molecule has 0 radical (unpaired) electrons. The second-order valence-corrected chi connectivity index (χ2v) is 9.51. The van der Waals surface area contributed by atoms with Crippen LogP contribution in [-0.4, -0.2) is 60.5 Å². The van der Waals surface area contributed by atoms with E-state index in [0.29, 0.717) is 17.3 Å². The molecule has 0 spiro atoms. The molecule has 186 valence electrons. The highest BCUT2D eigenvalue weighted by atomic mass is 35.5. The molecule has 3 aromatic rings. The van der Waals surface area contributed by atoms with Gasteiger partial charge in [0.15, 0.2) is 5.69 Å². The van der Waals surface area contributed by atoms with Gasteiger partial charge in [0.2, 0.25) is 11.8 Å². The second-order valence-electron chi connectivity index (χ2n) is 9.12. The molecule has 3 atom stereocenters. The molecule has 1 aromatic carbocycles. The number of nitrogens with one attached hydrogen (secondary N) is 1. The van der Waals surface area contributed by atoms with Crippen LogP contribution in [0.2, 0.25) is 5.15 Å². The Hall–Kier alpha value is -3.99. The van der Waals surface area contributed by atoms with Gasteiger partial charge in [0.1, 0.15) is 23.6 Å². The molecule has 2 aromatic heterocycles. The summed E-state index contributed by atoms with van der Waals surface area (Å²) in [6.07, 6.45) is 2.27. The van der Waals surface area contributed by atoms with Crippen LogP contribution in [0, 0.1) is 12.8 Å². The number of halogens is 1. The third kappa shape index (κ3) is 3.95. The molecule has 11 nitrogen and oxygen atoms in total. The summed E-state index contributed by atoms with van der Waals surface area (Å²) in [7, 11) is 0. The summed E-state index contributed by atoms with van der Waals surface area (Å²) in [6, 6.07) is 7.36. The topological polar surface area (TPSA) is 161 Å². The van der Waals surface area contributed by atoms with Gasteiger partial charge in [-0.25, -0.2) is 9.78 Å². The third-order valence-corrected chi connectivity index (χ3v) is 7.22.